The molecule has 0 atom stereocenters. The van der Waals surface area contributed by atoms with E-state index in [0.717, 1.165) is 0 Å². The van der Waals surface area contributed by atoms with Crippen LogP contribution in [-0.4, -0.2) is 94.4 Å². The zero-order valence-electron chi connectivity index (χ0n) is 25.5. The molecule has 0 heterocycles. The van der Waals surface area contributed by atoms with Crippen LogP contribution in [0.3, 0.4) is 0 Å². The molecule has 1 N–H and O–H groups in total. The highest BCUT2D eigenvalue weighted by Crippen LogP contribution is 2.12. The number of carbonyl (C=O) groups excluding carboxylic acids is 4. The summed E-state index contributed by atoms with van der Waals surface area (Å²) in [6.45, 7) is 15.8. The number of rotatable bonds is 25. The van der Waals surface area contributed by atoms with Gasteiger partial charge in [-0.15, -0.1) is 0 Å². The van der Waals surface area contributed by atoms with Crippen LogP contribution >= 0.6 is 0 Å². The summed E-state index contributed by atoms with van der Waals surface area (Å²) in [5.41, 5.74) is -1.11. The largest absolute Gasteiger partial charge is 0.378 e. The van der Waals surface area contributed by atoms with Gasteiger partial charge in [0.05, 0.1) is 59.0 Å². The third-order valence-electron chi connectivity index (χ3n) is 5.86. The smallest absolute Gasteiger partial charge is 0.246 e. The Morgan fingerprint density at radius 1 is 0.564 bits per heavy atom. The minimum absolute atomic E-state index is 0.0107. The topological polar surface area (TPSA) is 126 Å². The molecule has 1 amide bonds. The van der Waals surface area contributed by atoms with E-state index >= 15 is 0 Å². The Balaban J connectivity index is 5.39. The fourth-order valence-electron chi connectivity index (χ4n) is 3.26. The number of nitrogens with one attached hydrogen (secondary N) is 1. The van der Waals surface area contributed by atoms with Crippen LogP contribution in [0.1, 0.15) is 74.7 Å². The SMILES string of the molecule is CC(C)OCCOCC(=O)NC(COCCC(=O)C(C)C)(COCCC(=O)C(C)C)COCCC(=O)C(C)C. The van der Waals surface area contributed by atoms with Gasteiger partial charge in [-0.05, 0) is 13.8 Å². The van der Waals surface area contributed by atoms with Crippen molar-refractivity contribution in [3.63, 3.8) is 0 Å². The minimum Gasteiger partial charge on any atom is -0.378 e. The summed E-state index contributed by atoms with van der Waals surface area (Å²) in [5, 5.41) is 2.93. The van der Waals surface area contributed by atoms with Gasteiger partial charge in [-0.2, -0.15) is 0 Å². The van der Waals surface area contributed by atoms with Crippen molar-refractivity contribution in [3.05, 3.63) is 0 Å². The van der Waals surface area contributed by atoms with Crippen molar-refractivity contribution in [2.24, 2.45) is 17.8 Å². The van der Waals surface area contributed by atoms with E-state index in [1.165, 1.54) is 0 Å². The molecule has 0 aliphatic carbocycles. The first-order valence-corrected chi connectivity index (χ1v) is 14.1. The van der Waals surface area contributed by atoms with E-state index in [-0.39, 0.29) is 113 Å². The Bertz CT molecular complexity index is 650. The van der Waals surface area contributed by atoms with Crippen LogP contribution in [0.2, 0.25) is 0 Å². The third kappa shape index (κ3) is 19.1. The van der Waals surface area contributed by atoms with Gasteiger partial charge in [0, 0.05) is 37.0 Å². The number of ketones is 3. The van der Waals surface area contributed by atoms with Gasteiger partial charge in [0.2, 0.25) is 5.91 Å². The molecule has 39 heavy (non-hydrogen) atoms. The Morgan fingerprint density at radius 3 is 1.28 bits per heavy atom. The Hall–Kier alpha value is -1.72. The summed E-state index contributed by atoms with van der Waals surface area (Å²) in [6, 6.07) is 0. The molecule has 10 nitrogen and oxygen atoms in total. The predicted molar refractivity (Wildman–Crippen MR) is 149 cm³/mol. The lowest BCUT2D eigenvalue weighted by Gasteiger charge is -2.34. The molecule has 0 aliphatic heterocycles. The molecule has 0 radical (unpaired) electrons. The molecular weight excluding hydrogens is 506 g/mol. The van der Waals surface area contributed by atoms with Crippen molar-refractivity contribution < 1.29 is 42.9 Å². The molecule has 0 spiro atoms. The molecular formula is C29H53NO9. The summed E-state index contributed by atoms with van der Waals surface area (Å²) in [5.74, 6) is -0.462. The van der Waals surface area contributed by atoms with Crippen LogP contribution in [0.5, 0.6) is 0 Å². The van der Waals surface area contributed by atoms with E-state index in [0.29, 0.717) is 6.61 Å². The number of amides is 1. The van der Waals surface area contributed by atoms with E-state index in [1.807, 2.05) is 55.4 Å². The molecule has 0 saturated heterocycles. The van der Waals surface area contributed by atoms with Crippen molar-refractivity contribution in [1.82, 2.24) is 5.32 Å². The number of ether oxygens (including phenoxy) is 5. The van der Waals surface area contributed by atoms with Crippen LogP contribution < -0.4 is 5.32 Å². The van der Waals surface area contributed by atoms with Gasteiger partial charge in [0.25, 0.3) is 0 Å². The summed E-state index contributed by atoms with van der Waals surface area (Å²) in [6.07, 6.45) is 0.797. The quantitative estimate of drug-likeness (QED) is 0.168. The van der Waals surface area contributed by atoms with Crippen molar-refractivity contribution in [1.29, 1.82) is 0 Å². The number of hydrogen-bond donors (Lipinski definition) is 1. The van der Waals surface area contributed by atoms with Crippen molar-refractivity contribution in [2.75, 3.05) is 59.5 Å². The molecule has 10 heteroatoms. The van der Waals surface area contributed by atoms with Gasteiger partial charge < -0.3 is 29.0 Å². The van der Waals surface area contributed by atoms with E-state index in [9.17, 15) is 19.2 Å². The fraction of sp³-hybridized carbons (Fsp3) is 0.862. The summed E-state index contributed by atoms with van der Waals surface area (Å²) >= 11 is 0. The van der Waals surface area contributed by atoms with Crippen LogP contribution in [-0.2, 0) is 42.9 Å². The summed E-state index contributed by atoms with van der Waals surface area (Å²) in [4.78, 5) is 48.9. The van der Waals surface area contributed by atoms with Gasteiger partial charge >= 0.3 is 0 Å². The highest BCUT2D eigenvalue weighted by atomic mass is 16.5. The van der Waals surface area contributed by atoms with Crippen LogP contribution in [0.15, 0.2) is 0 Å². The van der Waals surface area contributed by atoms with Gasteiger partial charge in [-0.3, -0.25) is 19.2 Å². The lowest BCUT2D eigenvalue weighted by atomic mass is 10.0. The highest BCUT2D eigenvalue weighted by Gasteiger charge is 2.34. The number of carbonyl (C=O) groups is 4. The van der Waals surface area contributed by atoms with E-state index in [1.54, 1.807) is 0 Å². The molecule has 0 fully saturated rings. The second kappa shape index (κ2) is 21.1. The first-order valence-electron chi connectivity index (χ1n) is 14.1. The maximum atomic E-state index is 12.8. The maximum absolute atomic E-state index is 12.8. The maximum Gasteiger partial charge on any atom is 0.246 e. The Morgan fingerprint density at radius 2 is 0.949 bits per heavy atom. The lowest BCUT2D eigenvalue weighted by Crippen LogP contribution is -2.59. The molecule has 0 rings (SSSR count). The number of hydrogen-bond acceptors (Lipinski definition) is 9. The second-order valence-corrected chi connectivity index (χ2v) is 11.1. The van der Waals surface area contributed by atoms with Crippen molar-refractivity contribution in [2.45, 2.75) is 86.3 Å². The molecule has 0 aromatic heterocycles. The van der Waals surface area contributed by atoms with Gasteiger partial charge in [0.1, 0.15) is 29.5 Å². The average molecular weight is 560 g/mol. The van der Waals surface area contributed by atoms with Crippen molar-refractivity contribution >= 4 is 23.3 Å². The van der Waals surface area contributed by atoms with Gasteiger partial charge in [0.15, 0.2) is 0 Å². The first-order chi connectivity index (χ1) is 18.3. The highest BCUT2D eigenvalue weighted by molar-refractivity contribution is 5.81. The third-order valence-corrected chi connectivity index (χ3v) is 5.86. The van der Waals surface area contributed by atoms with Crippen LogP contribution in [0, 0.1) is 17.8 Å². The Kier molecular flexibility index (Phi) is 20.2. The monoisotopic (exact) mass is 559 g/mol. The predicted octanol–water partition coefficient (Wildman–Crippen LogP) is 3.18. The zero-order valence-corrected chi connectivity index (χ0v) is 25.5. The molecule has 228 valence electrons. The minimum atomic E-state index is -1.11. The van der Waals surface area contributed by atoms with Gasteiger partial charge in [-0.1, -0.05) is 41.5 Å². The molecule has 0 aromatic rings. The van der Waals surface area contributed by atoms with Crippen LogP contribution in [0.25, 0.3) is 0 Å². The van der Waals surface area contributed by atoms with Crippen molar-refractivity contribution in [3.8, 4) is 0 Å². The van der Waals surface area contributed by atoms with Gasteiger partial charge in [-0.25, -0.2) is 0 Å². The summed E-state index contributed by atoms with van der Waals surface area (Å²) < 4.78 is 28.4. The molecule has 0 aromatic carbocycles. The standard InChI is InChI=1S/C29H53NO9/c1-21(2)25(31)9-12-36-18-29(19-37-13-10-26(32)22(3)4,20-38-14-11-27(33)23(5)6)30-28(34)17-35-15-16-39-24(7)8/h21-24H,9-20H2,1-8H3,(H,30,34). The normalized spacial score (nSPS) is 12.1. The molecule has 0 bridgehead atoms. The van der Waals surface area contributed by atoms with E-state index < -0.39 is 11.4 Å². The zero-order chi connectivity index (χ0) is 29.8. The first kappa shape index (κ1) is 37.3. The Labute approximate surface area is 235 Å². The second-order valence-electron chi connectivity index (χ2n) is 11.1. The lowest BCUT2D eigenvalue weighted by molar-refractivity contribution is -0.134. The molecule has 0 saturated carbocycles. The summed E-state index contributed by atoms with van der Waals surface area (Å²) in [7, 11) is 0. The molecule has 0 unspecified atom stereocenters. The van der Waals surface area contributed by atoms with Crippen LogP contribution in [0.4, 0.5) is 0 Å². The fourth-order valence-corrected chi connectivity index (χ4v) is 3.26. The average Bonchev–Trinajstić information content (AvgIpc) is 2.85. The van der Waals surface area contributed by atoms with E-state index in [2.05, 4.69) is 5.32 Å². The molecule has 0 aliphatic rings. The number of Topliss-reactive ketones (excluding diaryl/α,β-unsaturated/α-hetero) is 3. The van der Waals surface area contributed by atoms with E-state index in [4.69, 9.17) is 23.7 Å².